The molecule has 0 aliphatic carbocycles. The number of hydrogen-bond donors (Lipinski definition) is 8. The smallest absolute Gasteiger partial charge is 0.421 e. The molecule has 16 rings (SSSR count). The second-order valence-electron chi connectivity index (χ2n) is 31.0. The molecule has 0 saturated carbocycles. The highest BCUT2D eigenvalue weighted by atomic mass is 79.9. The Labute approximate surface area is 813 Å². The zero-order valence-corrected chi connectivity index (χ0v) is 84.5. The SMILES string of the molecule is CC(C)(O)CC(C)(O)c1ccsc1-c1cccs1.CC(O)(CF)c1ccsc1-c1cccs1.CC(O)(Cc1ccc(F)cc1)c1ccsc1-c1cccs1.CC(O)(c1ccsc1-c1cccs1)C(Cl)Cl.CC(O)(c1ccsc1-c1cccs1)C(F)(F)F.COc1ccc(CC(C)(O)c2ccsc2-c2cccs2)cc1.OC(CBr)(CC(F)(F)F)c1ccsc1-c1cccs1. The van der Waals surface area contributed by atoms with Crippen LogP contribution in [0.15, 0.2) is 251 Å². The predicted molar refractivity (Wildman–Crippen MR) is 534 cm³/mol. The van der Waals surface area contributed by atoms with Crippen LogP contribution >= 0.6 is 198 Å². The van der Waals surface area contributed by atoms with Crippen molar-refractivity contribution in [1.29, 1.82) is 0 Å². The molecule has 0 radical (unpaired) electrons. The number of aliphatic hydroxyl groups is 8. The summed E-state index contributed by atoms with van der Waals surface area (Å²) in [6.07, 6.45) is -9.01. The molecule has 2 aromatic carbocycles. The third-order valence-electron chi connectivity index (χ3n) is 19.7. The van der Waals surface area contributed by atoms with Crippen molar-refractivity contribution in [3.8, 4) is 74.0 Å². The topological polar surface area (TPSA) is 171 Å². The van der Waals surface area contributed by atoms with Crippen molar-refractivity contribution in [2.24, 2.45) is 0 Å². The second-order valence-corrected chi connectivity index (χ2v) is 45.7. The Morgan fingerprint density at radius 1 is 0.336 bits per heavy atom. The van der Waals surface area contributed by atoms with Crippen LogP contribution in [0.5, 0.6) is 5.75 Å². The predicted octanol–water partition coefficient (Wildman–Crippen LogP) is 31.2. The summed E-state index contributed by atoms with van der Waals surface area (Å²) in [5.41, 5.74) is -4.57. The Bertz CT molecular complexity index is 5890. The maximum Gasteiger partial charge on any atom is 0.421 e. The molecule has 128 heavy (non-hydrogen) atoms. The third-order valence-corrected chi connectivity index (χ3v) is 35.2. The summed E-state index contributed by atoms with van der Waals surface area (Å²) in [6, 6.07) is 54.1. The standard InChI is InChI=1S/C18H18O2S2.C17H15FOS2.C14H18O2S2.C12H10BrF3OS2.C11H10Cl2OS2.C11H9F3OS2.C11H11FOS2/c1-18(19,12-13-5-7-14(20-2)8-6-13)15-9-11-22-17(15)16-4-3-10-21-16;1-17(19,11-12-4-6-13(18)7-5-12)14-8-10-21-16(14)15-3-2-9-20-15;1-13(2,15)9-14(3,16)10-6-8-18-12(10)11-5-4-7-17-11;13-7-11(17,6-12(14,15)16)8-3-5-19-10(8)9-2-1-4-18-9;1-11(14,10(12)13)7-4-6-16-9(7)8-3-2-5-15-8;1-10(15,11(12,13)14)7-4-6-17-9(7)8-3-2-5-16-8;1-11(13,7-12)8-4-6-15-10(8)9-3-2-5-14-9/h3-11,19H,12H2,1-2H3;2-10,19H,11H2,1H3;4-8,15-16H,9H2,1-3H3;1-5,17H,6-7H2;2-6,10,14H,1H3;2-6,15H,1H3;2-6,13H,7H2,1H3. The zero-order chi connectivity index (χ0) is 93.3. The molecule has 14 aromatic heterocycles. The van der Waals surface area contributed by atoms with Crippen LogP contribution in [0.4, 0.5) is 35.1 Å². The Kier molecular flexibility index (Phi) is 37.1. The van der Waals surface area contributed by atoms with Gasteiger partial charge in [-0.2, -0.15) is 26.3 Å². The van der Waals surface area contributed by atoms with Crippen LogP contribution in [0.1, 0.15) is 118 Å². The van der Waals surface area contributed by atoms with E-state index >= 15 is 0 Å². The van der Waals surface area contributed by atoms with Gasteiger partial charge in [0.15, 0.2) is 5.60 Å². The van der Waals surface area contributed by atoms with Crippen LogP contribution in [0.3, 0.4) is 0 Å². The molecule has 0 saturated heterocycles. The first-order valence-corrected chi connectivity index (χ1v) is 53.2. The van der Waals surface area contributed by atoms with Gasteiger partial charge in [-0.25, -0.2) is 8.78 Å². The van der Waals surface area contributed by atoms with Crippen molar-refractivity contribution in [3.05, 3.63) is 307 Å². The largest absolute Gasteiger partial charge is 0.497 e. The zero-order valence-electron chi connectivity index (χ0n) is 70.0. The lowest BCUT2D eigenvalue weighted by Gasteiger charge is -2.30. The van der Waals surface area contributed by atoms with Crippen molar-refractivity contribution in [2.45, 2.75) is 143 Å². The fourth-order valence-electron chi connectivity index (χ4n) is 13.4. The maximum absolute atomic E-state index is 13.0. The van der Waals surface area contributed by atoms with Gasteiger partial charge < -0.3 is 45.6 Å². The molecular weight excluding hydrogens is 2020 g/mol. The molecule has 0 amide bonds. The molecule has 34 heteroatoms. The van der Waals surface area contributed by atoms with E-state index in [2.05, 4.69) is 39.5 Å². The number of methoxy groups -OCH3 is 1. The molecule has 14 heterocycles. The van der Waals surface area contributed by atoms with Crippen LogP contribution in [0.25, 0.3) is 68.3 Å². The first kappa shape index (κ1) is 104. The van der Waals surface area contributed by atoms with E-state index in [9.17, 15) is 76.0 Å². The van der Waals surface area contributed by atoms with Gasteiger partial charge in [-0.3, -0.25) is 0 Å². The number of thiophene rings is 14. The minimum atomic E-state index is -4.68. The van der Waals surface area contributed by atoms with E-state index in [-0.39, 0.29) is 16.7 Å². The normalized spacial score (nSPS) is 14.9. The van der Waals surface area contributed by atoms with Gasteiger partial charge in [-0.05, 0) is 251 Å². The third kappa shape index (κ3) is 27.7. The van der Waals surface area contributed by atoms with Gasteiger partial charge >= 0.3 is 12.4 Å². The van der Waals surface area contributed by atoms with Gasteiger partial charge in [0, 0.05) is 97.7 Å². The molecule has 0 aliphatic rings. The monoisotopic (exact) mass is 2110 g/mol. The number of ether oxygens (including phenoxy) is 1. The molecular formula is C94H91BrCl2F8O9S14. The van der Waals surface area contributed by atoms with Crippen molar-refractivity contribution in [3.63, 3.8) is 0 Å². The average molecular weight is 2120 g/mol. The summed E-state index contributed by atoms with van der Waals surface area (Å²) in [6.45, 7) is 12.1. The van der Waals surface area contributed by atoms with Crippen molar-refractivity contribution in [1.82, 2.24) is 0 Å². The Balaban J connectivity index is 0.000000156. The lowest BCUT2D eigenvalue weighted by Crippen LogP contribution is -2.39. The fraction of sp³-hybridized carbons (Fsp3) is 0.277. The van der Waals surface area contributed by atoms with Crippen molar-refractivity contribution >= 4 is 198 Å². The highest BCUT2D eigenvalue weighted by Gasteiger charge is 2.53. The number of rotatable bonds is 25. The Morgan fingerprint density at radius 2 is 0.609 bits per heavy atom. The van der Waals surface area contributed by atoms with Gasteiger partial charge in [-0.15, -0.1) is 182 Å². The average Bonchev–Trinajstić information content (AvgIpc) is 1.61. The van der Waals surface area contributed by atoms with E-state index in [1.165, 1.54) is 91.6 Å². The first-order valence-electron chi connectivity index (χ1n) is 38.9. The molecule has 0 aliphatic heterocycles. The number of hydrogen-bond acceptors (Lipinski definition) is 23. The van der Waals surface area contributed by atoms with Crippen molar-refractivity contribution in [2.75, 3.05) is 19.1 Å². The van der Waals surface area contributed by atoms with E-state index in [0.29, 0.717) is 40.1 Å². The molecule has 9 nitrogen and oxygen atoms in total. The lowest BCUT2D eigenvalue weighted by molar-refractivity contribution is -0.258. The summed E-state index contributed by atoms with van der Waals surface area (Å²) in [5.74, 6) is 0.575. The quantitative estimate of drug-likeness (QED) is 0.0205. The number of benzene rings is 2. The molecule has 7 atom stereocenters. The van der Waals surface area contributed by atoms with Crippen LogP contribution in [-0.2, 0) is 52.0 Å². The minimum absolute atomic E-state index is 0.0857. The molecule has 0 fully saturated rings. The highest BCUT2D eigenvalue weighted by Crippen LogP contribution is 2.50. The number of halogens is 11. The summed E-state index contributed by atoms with van der Waals surface area (Å²) < 4.78 is 107. The van der Waals surface area contributed by atoms with E-state index in [0.717, 1.165) is 94.8 Å². The van der Waals surface area contributed by atoms with Gasteiger partial charge in [0.25, 0.3) is 0 Å². The molecule has 0 bridgehead atoms. The Morgan fingerprint density at radius 3 is 0.883 bits per heavy atom. The lowest BCUT2D eigenvalue weighted by atomic mass is 9.85. The van der Waals surface area contributed by atoms with Crippen LogP contribution in [0, 0.1) is 5.82 Å². The summed E-state index contributed by atoms with van der Waals surface area (Å²) in [4.78, 5) is 13.0. The van der Waals surface area contributed by atoms with E-state index in [4.69, 9.17) is 27.9 Å². The van der Waals surface area contributed by atoms with E-state index < -0.39 is 75.1 Å². The molecule has 16 aromatic rings. The van der Waals surface area contributed by atoms with E-state index in [1.807, 2.05) is 171 Å². The summed E-state index contributed by atoms with van der Waals surface area (Å²) in [5, 5.41) is 109. The van der Waals surface area contributed by atoms with Gasteiger partial charge in [-0.1, -0.05) is 82.7 Å². The van der Waals surface area contributed by atoms with Crippen LogP contribution in [0.2, 0.25) is 0 Å². The van der Waals surface area contributed by atoms with E-state index in [1.54, 1.807) is 189 Å². The molecule has 8 N–H and O–H groups in total. The molecule has 682 valence electrons. The van der Waals surface area contributed by atoms with Gasteiger partial charge in [0.1, 0.15) is 39.9 Å². The highest BCUT2D eigenvalue weighted by molar-refractivity contribution is 9.09. The molecule has 0 spiro atoms. The second kappa shape index (κ2) is 45.5. The Hall–Kier alpha value is -5.78. The number of alkyl halides is 10. The fourth-order valence-corrected chi connectivity index (χ4v) is 27.4. The summed E-state index contributed by atoms with van der Waals surface area (Å²) >= 11 is 36.3. The van der Waals surface area contributed by atoms with Gasteiger partial charge in [0.05, 0.1) is 70.1 Å². The van der Waals surface area contributed by atoms with Gasteiger partial charge in [0.2, 0.25) is 0 Å². The van der Waals surface area contributed by atoms with Crippen LogP contribution in [-0.4, -0.2) is 82.8 Å². The maximum atomic E-state index is 13.0. The van der Waals surface area contributed by atoms with Crippen molar-refractivity contribution < 1.29 is 80.7 Å². The first-order chi connectivity index (χ1) is 60.3. The van der Waals surface area contributed by atoms with Crippen LogP contribution < -0.4 is 4.74 Å². The molecule has 7 unspecified atom stereocenters. The summed E-state index contributed by atoms with van der Waals surface area (Å²) in [7, 11) is 1.66. The minimum Gasteiger partial charge on any atom is -0.497 e.